The number of benzene rings is 2. The highest BCUT2D eigenvalue weighted by atomic mass is 16.5. The van der Waals surface area contributed by atoms with Crippen molar-refractivity contribution in [2.24, 2.45) is 0 Å². The predicted octanol–water partition coefficient (Wildman–Crippen LogP) is 2.77. The summed E-state index contributed by atoms with van der Waals surface area (Å²) in [5.74, 6) is 0.984. The van der Waals surface area contributed by atoms with Crippen LogP contribution < -0.4 is 15.4 Å². The van der Waals surface area contributed by atoms with Crippen molar-refractivity contribution in [2.45, 2.75) is 6.42 Å². The van der Waals surface area contributed by atoms with Crippen molar-refractivity contribution in [1.82, 2.24) is 5.32 Å². The van der Waals surface area contributed by atoms with Crippen LogP contribution in [0.2, 0.25) is 0 Å². The first-order valence-electron chi connectivity index (χ1n) is 6.64. The topological polar surface area (TPSA) is 70.6 Å². The number of carbonyl (C=O) groups excluding carboxylic acids is 1. The maximum Gasteiger partial charge on any atom is 0.319 e. The van der Waals surface area contributed by atoms with E-state index in [1.54, 1.807) is 43.5 Å². The van der Waals surface area contributed by atoms with Gasteiger partial charge in [0.25, 0.3) is 0 Å². The van der Waals surface area contributed by atoms with Crippen LogP contribution in [-0.4, -0.2) is 24.8 Å². The van der Waals surface area contributed by atoms with Crippen LogP contribution in [0.4, 0.5) is 10.5 Å². The molecule has 0 bridgehead atoms. The summed E-state index contributed by atoms with van der Waals surface area (Å²) in [4.78, 5) is 11.7. The van der Waals surface area contributed by atoms with Crippen LogP contribution in [0.3, 0.4) is 0 Å². The number of carbonyl (C=O) groups is 1. The Hall–Kier alpha value is -2.69. The highest BCUT2D eigenvalue weighted by Gasteiger charge is 2.01. The lowest BCUT2D eigenvalue weighted by Gasteiger charge is -2.08. The first-order chi connectivity index (χ1) is 10.2. The van der Waals surface area contributed by atoms with Gasteiger partial charge < -0.3 is 20.5 Å². The molecule has 0 saturated heterocycles. The molecular formula is C16H18N2O3. The van der Waals surface area contributed by atoms with Crippen LogP contribution >= 0.6 is 0 Å². The van der Waals surface area contributed by atoms with Crippen LogP contribution in [0.25, 0.3) is 0 Å². The minimum atomic E-state index is -0.251. The Morgan fingerprint density at radius 2 is 1.76 bits per heavy atom. The molecule has 0 spiro atoms. The SMILES string of the molecule is COc1ccc(NC(=O)NCCc2ccc(O)cc2)cc1. The Morgan fingerprint density at radius 3 is 2.38 bits per heavy atom. The number of ether oxygens (including phenoxy) is 1. The monoisotopic (exact) mass is 286 g/mol. The van der Waals surface area contributed by atoms with E-state index in [0.29, 0.717) is 18.7 Å². The van der Waals surface area contributed by atoms with Gasteiger partial charge in [0.15, 0.2) is 0 Å². The fourth-order valence-corrected chi connectivity index (χ4v) is 1.83. The second-order valence-corrected chi connectivity index (χ2v) is 4.53. The zero-order valence-electron chi connectivity index (χ0n) is 11.8. The number of aromatic hydroxyl groups is 1. The van der Waals surface area contributed by atoms with E-state index in [4.69, 9.17) is 4.74 Å². The number of anilines is 1. The molecule has 2 amide bonds. The van der Waals surface area contributed by atoms with Crippen molar-refractivity contribution in [3.8, 4) is 11.5 Å². The maximum absolute atomic E-state index is 11.7. The molecular weight excluding hydrogens is 268 g/mol. The predicted molar refractivity (Wildman–Crippen MR) is 81.8 cm³/mol. The minimum Gasteiger partial charge on any atom is -0.508 e. The van der Waals surface area contributed by atoms with E-state index in [1.165, 1.54) is 0 Å². The molecule has 2 aromatic rings. The van der Waals surface area contributed by atoms with Gasteiger partial charge in [-0.05, 0) is 48.4 Å². The molecule has 0 atom stereocenters. The second kappa shape index (κ2) is 7.19. The molecule has 21 heavy (non-hydrogen) atoms. The molecule has 5 heteroatoms. The average Bonchev–Trinajstić information content (AvgIpc) is 2.50. The number of phenols is 1. The van der Waals surface area contributed by atoms with Gasteiger partial charge in [-0.3, -0.25) is 0 Å². The number of urea groups is 1. The fourth-order valence-electron chi connectivity index (χ4n) is 1.83. The summed E-state index contributed by atoms with van der Waals surface area (Å²) in [5.41, 5.74) is 1.76. The lowest BCUT2D eigenvalue weighted by atomic mass is 10.1. The Bertz CT molecular complexity index is 579. The molecule has 2 aromatic carbocycles. The number of hydrogen-bond donors (Lipinski definition) is 3. The van der Waals surface area contributed by atoms with Gasteiger partial charge in [0.1, 0.15) is 11.5 Å². The number of methoxy groups -OCH3 is 1. The summed E-state index contributed by atoms with van der Waals surface area (Å²) in [6.45, 7) is 0.521. The van der Waals surface area contributed by atoms with Gasteiger partial charge in [-0.2, -0.15) is 0 Å². The average molecular weight is 286 g/mol. The summed E-state index contributed by atoms with van der Waals surface area (Å²) in [6, 6.07) is 13.8. The van der Waals surface area contributed by atoms with Gasteiger partial charge in [0, 0.05) is 12.2 Å². The maximum atomic E-state index is 11.7. The zero-order chi connectivity index (χ0) is 15.1. The van der Waals surface area contributed by atoms with E-state index in [9.17, 15) is 9.90 Å². The molecule has 0 unspecified atom stereocenters. The summed E-state index contributed by atoms with van der Waals surface area (Å²) in [6.07, 6.45) is 0.705. The molecule has 5 nitrogen and oxygen atoms in total. The summed E-state index contributed by atoms with van der Waals surface area (Å²) < 4.78 is 5.05. The highest BCUT2D eigenvalue weighted by molar-refractivity contribution is 5.89. The van der Waals surface area contributed by atoms with Crippen molar-refractivity contribution < 1.29 is 14.6 Å². The molecule has 0 aliphatic rings. The molecule has 0 aliphatic carbocycles. The van der Waals surface area contributed by atoms with Gasteiger partial charge in [-0.1, -0.05) is 12.1 Å². The Kier molecular flexibility index (Phi) is 5.04. The quantitative estimate of drug-likeness (QED) is 0.791. The lowest BCUT2D eigenvalue weighted by Crippen LogP contribution is -2.30. The minimum absolute atomic E-state index is 0.240. The van der Waals surface area contributed by atoms with Crippen molar-refractivity contribution in [2.75, 3.05) is 19.0 Å². The third-order valence-corrected chi connectivity index (χ3v) is 2.98. The van der Waals surface area contributed by atoms with Gasteiger partial charge in [-0.25, -0.2) is 4.79 Å². The van der Waals surface area contributed by atoms with E-state index in [0.717, 1.165) is 11.3 Å². The van der Waals surface area contributed by atoms with Crippen molar-refractivity contribution in [3.63, 3.8) is 0 Å². The molecule has 110 valence electrons. The fraction of sp³-hybridized carbons (Fsp3) is 0.188. The van der Waals surface area contributed by atoms with Gasteiger partial charge in [0.05, 0.1) is 7.11 Å². The summed E-state index contributed by atoms with van der Waals surface area (Å²) >= 11 is 0. The molecule has 0 fully saturated rings. The van der Waals surface area contributed by atoms with Gasteiger partial charge in [-0.15, -0.1) is 0 Å². The Labute approximate surface area is 123 Å². The van der Waals surface area contributed by atoms with E-state index in [2.05, 4.69) is 10.6 Å². The van der Waals surface area contributed by atoms with Crippen LogP contribution in [0, 0.1) is 0 Å². The third-order valence-electron chi connectivity index (χ3n) is 2.98. The summed E-state index contributed by atoms with van der Waals surface area (Å²) in [5, 5.41) is 14.7. The molecule has 3 N–H and O–H groups in total. The highest BCUT2D eigenvalue weighted by Crippen LogP contribution is 2.14. The van der Waals surface area contributed by atoms with Crippen molar-refractivity contribution in [3.05, 3.63) is 54.1 Å². The smallest absolute Gasteiger partial charge is 0.319 e. The second-order valence-electron chi connectivity index (χ2n) is 4.53. The van der Waals surface area contributed by atoms with Crippen molar-refractivity contribution in [1.29, 1.82) is 0 Å². The lowest BCUT2D eigenvalue weighted by molar-refractivity contribution is 0.252. The first kappa shape index (κ1) is 14.7. The third kappa shape index (κ3) is 4.72. The largest absolute Gasteiger partial charge is 0.508 e. The molecule has 0 radical (unpaired) electrons. The number of nitrogens with one attached hydrogen (secondary N) is 2. The standard InChI is InChI=1S/C16H18N2O3/c1-21-15-8-4-13(5-9-15)18-16(20)17-11-10-12-2-6-14(19)7-3-12/h2-9,19H,10-11H2,1H3,(H2,17,18,20). The van der Waals surface area contributed by atoms with Crippen molar-refractivity contribution >= 4 is 11.7 Å². The number of amides is 2. The zero-order valence-corrected chi connectivity index (χ0v) is 11.8. The van der Waals surface area contributed by atoms with Gasteiger partial charge in [0.2, 0.25) is 0 Å². The first-order valence-corrected chi connectivity index (χ1v) is 6.64. The van der Waals surface area contributed by atoms with Gasteiger partial charge >= 0.3 is 6.03 Å². The van der Waals surface area contributed by atoms with Crippen LogP contribution in [0.5, 0.6) is 11.5 Å². The normalized spacial score (nSPS) is 9.95. The van der Waals surface area contributed by atoms with E-state index >= 15 is 0 Å². The number of rotatable bonds is 5. The molecule has 0 heterocycles. The molecule has 2 rings (SSSR count). The number of hydrogen-bond acceptors (Lipinski definition) is 3. The Balaban J connectivity index is 1.75. The van der Waals surface area contributed by atoms with E-state index in [-0.39, 0.29) is 11.8 Å². The van der Waals surface area contributed by atoms with Crippen LogP contribution in [0.1, 0.15) is 5.56 Å². The van der Waals surface area contributed by atoms with Crippen LogP contribution in [-0.2, 0) is 6.42 Å². The van der Waals surface area contributed by atoms with E-state index < -0.39 is 0 Å². The van der Waals surface area contributed by atoms with Crippen LogP contribution in [0.15, 0.2) is 48.5 Å². The molecule has 0 aromatic heterocycles. The summed E-state index contributed by atoms with van der Waals surface area (Å²) in [7, 11) is 1.60. The molecule has 0 aliphatic heterocycles. The Morgan fingerprint density at radius 1 is 1.10 bits per heavy atom. The number of phenolic OH excluding ortho intramolecular Hbond substituents is 1. The van der Waals surface area contributed by atoms with E-state index in [1.807, 2.05) is 12.1 Å². The molecule has 0 saturated carbocycles.